The van der Waals surface area contributed by atoms with Crippen molar-refractivity contribution in [2.45, 2.75) is 19.4 Å². The highest BCUT2D eigenvalue weighted by Gasteiger charge is 2.27. The quantitative estimate of drug-likeness (QED) is 0.729. The molecular weight excluding hydrogens is 218 g/mol. The summed E-state index contributed by atoms with van der Waals surface area (Å²) in [5, 5.41) is 0. The number of nitrogens with one attached hydrogen (secondary N) is 1. The Hall–Kier alpha value is -1.62. The smallest absolute Gasteiger partial charge is 0.270 e. The first-order valence-corrected chi connectivity index (χ1v) is 5.82. The molecular formula is C12H17N3O2. The van der Waals surface area contributed by atoms with Gasteiger partial charge in [-0.05, 0) is 18.4 Å². The van der Waals surface area contributed by atoms with Crippen LogP contribution in [0.2, 0.25) is 0 Å². The van der Waals surface area contributed by atoms with Gasteiger partial charge in [0.1, 0.15) is 5.69 Å². The number of hydrogen-bond acceptors (Lipinski definition) is 3. The summed E-state index contributed by atoms with van der Waals surface area (Å²) < 4.78 is 0. The predicted molar refractivity (Wildman–Crippen MR) is 64.7 cm³/mol. The van der Waals surface area contributed by atoms with Gasteiger partial charge in [0.2, 0.25) is 5.56 Å². The van der Waals surface area contributed by atoms with Crippen molar-refractivity contribution in [3.8, 4) is 0 Å². The molecule has 1 aliphatic heterocycles. The highest BCUT2D eigenvalue weighted by atomic mass is 16.2. The number of hydrogen-bond donors (Lipinski definition) is 2. The molecule has 1 aromatic heterocycles. The van der Waals surface area contributed by atoms with Gasteiger partial charge in [0, 0.05) is 25.2 Å². The first-order valence-electron chi connectivity index (χ1n) is 5.82. The Labute approximate surface area is 99.6 Å². The van der Waals surface area contributed by atoms with Crippen molar-refractivity contribution >= 4 is 5.91 Å². The zero-order valence-electron chi connectivity index (χ0n) is 9.85. The highest BCUT2D eigenvalue weighted by molar-refractivity contribution is 5.92. The van der Waals surface area contributed by atoms with Gasteiger partial charge >= 0.3 is 0 Å². The van der Waals surface area contributed by atoms with Crippen LogP contribution < -0.4 is 11.3 Å². The second-order valence-corrected chi connectivity index (χ2v) is 4.61. The van der Waals surface area contributed by atoms with Crippen LogP contribution in [0, 0.1) is 5.92 Å². The number of rotatable bonds is 1. The molecule has 0 saturated carbocycles. The third kappa shape index (κ3) is 2.55. The van der Waals surface area contributed by atoms with Gasteiger partial charge in [0.05, 0.1) is 0 Å². The Bertz CT molecular complexity index is 469. The molecule has 92 valence electrons. The van der Waals surface area contributed by atoms with Crippen LogP contribution >= 0.6 is 0 Å². The molecule has 1 aromatic rings. The van der Waals surface area contributed by atoms with Crippen molar-refractivity contribution in [3.63, 3.8) is 0 Å². The summed E-state index contributed by atoms with van der Waals surface area (Å²) in [6.45, 7) is 3.35. The Morgan fingerprint density at radius 1 is 1.53 bits per heavy atom. The van der Waals surface area contributed by atoms with E-state index < -0.39 is 0 Å². The van der Waals surface area contributed by atoms with E-state index in [-0.39, 0.29) is 17.5 Å². The normalized spacial score (nSPS) is 24.7. The summed E-state index contributed by atoms with van der Waals surface area (Å²) in [4.78, 5) is 27.5. The van der Waals surface area contributed by atoms with E-state index in [1.54, 1.807) is 17.0 Å². The monoisotopic (exact) mass is 235 g/mol. The molecule has 5 nitrogen and oxygen atoms in total. The summed E-state index contributed by atoms with van der Waals surface area (Å²) in [5.41, 5.74) is 6.02. The number of amides is 1. The van der Waals surface area contributed by atoms with Gasteiger partial charge in [-0.2, -0.15) is 0 Å². The van der Waals surface area contributed by atoms with E-state index in [1.807, 2.05) is 0 Å². The largest absolute Gasteiger partial charge is 0.336 e. The summed E-state index contributed by atoms with van der Waals surface area (Å²) in [6, 6.07) is 4.61. The van der Waals surface area contributed by atoms with E-state index in [0.717, 1.165) is 6.42 Å². The van der Waals surface area contributed by atoms with E-state index in [4.69, 9.17) is 5.73 Å². The van der Waals surface area contributed by atoms with Gasteiger partial charge in [-0.1, -0.05) is 13.0 Å². The summed E-state index contributed by atoms with van der Waals surface area (Å²) in [6.07, 6.45) is 0.907. The number of nitrogens with two attached hydrogens (primary N) is 1. The van der Waals surface area contributed by atoms with E-state index in [0.29, 0.717) is 24.7 Å². The van der Waals surface area contributed by atoms with Crippen molar-refractivity contribution in [1.29, 1.82) is 0 Å². The number of carbonyl (C=O) groups excluding carboxylic acids is 1. The molecule has 1 fully saturated rings. The number of aromatic amines is 1. The maximum Gasteiger partial charge on any atom is 0.270 e. The molecule has 2 unspecified atom stereocenters. The lowest BCUT2D eigenvalue weighted by Crippen LogP contribution is -2.50. The predicted octanol–water partition coefficient (Wildman–Crippen LogP) is 0.184. The minimum Gasteiger partial charge on any atom is -0.336 e. The minimum absolute atomic E-state index is 0.0168. The second kappa shape index (κ2) is 4.71. The zero-order chi connectivity index (χ0) is 12.4. The Morgan fingerprint density at radius 3 is 2.94 bits per heavy atom. The molecule has 3 N–H and O–H groups in total. The lowest BCUT2D eigenvalue weighted by molar-refractivity contribution is 0.0666. The van der Waals surface area contributed by atoms with Crippen molar-refractivity contribution < 1.29 is 4.79 Å². The fourth-order valence-electron chi connectivity index (χ4n) is 2.03. The van der Waals surface area contributed by atoms with E-state index >= 15 is 0 Å². The molecule has 5 heteroatoms. The number of piperidine rings is 1. The van der Waals surface area contributed by atoms with Crippen LogP contribution in [-0.2, 0) is 0 Å². The molecule has 1 amide bonds. The van der Waals surface area contributed by atoms with Crippen LogP contribution in [0.5, 0.6) is 0 Å². The Balaban J connectivity index is 2.13. The molecule has 0 radical (unpaired) electrons. The molecule has 0 aliphatic carbocycles. The van der Waals surface area contributed by atoms with E-state index in [2.05, 4.69) is 11.9 Å². The molecule has 17 heavy (non-hydrogen) atoms. The molecule has 2 atom stereocenters. The fourth-order valence-corrected chi connectivity index (χ4v) is 2.03. The van der Waals surface area contributed by atoms with Crippen molar-refractivity contribution in [3.05, 3.63) is 34.2 Å². The molecule has 0 aromatic carbocycles. The fraction of sp³-hybridized carbons (Fsp3) is 0.500. The standard InChI is InChI=1S/C12H17N3O2/c1-8-5-6-15(7-9(8)13)12(17)10-3-2-4-11(16)14-10/h2-4,8-9H,5-7,13H2,1H3,(H,14,16). The van der Waals surface area contributed by atoms with Gasteiger partial charge in [-0.3, -0.25) is 9.59 Å². The lowest BCUT2D eigenvalue weighted by atomic mass is 9.94. The molecule has 2 rings (SSSR count). The van der Waals surface area contributed by atoms with Crippen molar-refractivity contribution in [2.75, 3.05) is 13.1 Å². The van der Waals surface area contributed by atoms with Gasteiger partial charge in [0.25, 0.3) is 5.91 Å². The molecule has 1 saturated heterocycles. The van der Waals surface area contributed by atoms with Gasteiger partial charge in [-0.25, -0.2) is 0 Å². The SMILES string of the molecule is CC1CCN(C(=O)c2cccc(=O)[nH]2)CC1N. The first kappa shape index (κ1) is 11.9. The number of pyridine rings is 1. The maximum absolute atomic E-state index is 12.1. The summed E-state index contributed by atoms with van der Waals surface area (Å²) >= 11 is 0. The van der Waals surface area contributed by atoms with Crippen LogP contribution in [0.1, 0.15) is 23.8 Å². The molecule has 0 spiro atoms. The molecule has 2 heterocycles. The molecule has 0 bridgehead atoms. The maximum atomic E-state index is 12.1. The highest BCUT2D eigenvalue weighted by Crippen LogP contribution is 2.16. The average Bonchev–Trinajstić information content (AvgIpc) is 2.32. The average molecular weight is 235 g/mol. The number of nitrogens with zero attached hydrogens (tertiary/aromatic N) is 1. The van der Waals surface area contributed by atoms with Crippen LogP contribution in [-0.4, -0.2) is 34.9 Å². The van der Waals surface area contributed by atoms with Crippen LogP contribution in [0.25, 0.3) is 0 Å². The van der Waals surface area contributed by atoms with Crippen LogP contribution in [0.4, 0.5) is 0 Å². The zero-order valence-corrected chi connectivity index (χ0v) is 9.85. The Kier molecular flexibility index (Phi) is 3.28. The third-order valence-corrected chi connectivity index (χ3v) is 3.30. The third-order valence-electron chi connectivity index (χ3n) is 3.30. The van der Waals surface area contributed by atoms with Gasteiger partial charge in [-0.15, -0.1) is 0 Å². The topological polar surface area (TPSA) is 79.2 Å². The van der Waals surface area contributed by atoms with Gasteiger partial charge < -0.3 is 15.6 Å². The lowest BCUT2D eigenvalue weighted by Gasteiger charge is -2.34. The van der Waals surface area contributed by atoms with E-state index in [1.165, 1.54) is 6.07 Å². The van der Waals surface area contributed by atoms with Gasteiger partial charge in [0.15, 0.2) is 0 Å². The molecule has 1 aliphatic rings. The van der Waals surface area contributed by atoms with Crippen molar-refractivity contribution in [1.82, 2.24) is 9.88 Å². The summed E-state index contributed by atoms with van der Waals surface area (Å²) in [7, 11) is 0. The van der Waals surface area contributed by atoms with E-state index in [9.17, 15) is 9.59 Å². The number of carbonyl (C=O) groups is 1. The Morgan fingerprint density at radius 2 is 2.29 bits per heavy atom. The van der Waals surface area contributed by atoms with Crippen LogP contribution in [0.3, 0.4) is 0 Å². The number of H-pyrrole nitrogens is 1. The minimum atomic E-state index is -0.259. The summed E-state index contributed by atoms with van der Waals surface area (Å²) in [5.74, 6) is 0.291. The number of likely N-dealkylation sites (tertiary alicyclic amines) is 1. The van der Waals surface area contributed by atoms with Crippen LogP contribution in [0.15, 0.2) is 23.0 Å². The second-order valence-electron chi connectivity index (χ2n) is 4.61. The van der Waals surface area contributed by atoms with Crippen molar-refractivity contribution in [2.24, 2.45) is 11.7 Å². The number of aromatic nitrogens is 1. The first-order chi connectivity index (χ1) is 8.08.